The number of carbonyl (C=O) groups excluding carboxylic acids is 2. The van der Waals surface area contributed by atoms with Crippen LogP contribution >= 0.6 is 0 Å². The molecular formula is C23H25NO5. The zero-order valence-corrected chi connectivity index (χ0v) is 17.2. The van der Waals surface area contributed by atoms with E-state index in [4.69, 9.17) is 4.74 Å². The molecule has 1 aliphatic heterocycles. The number of allylic oxidation sites excluding steroid dienone is 4. The van der Waals surface area contributed by atoms with Crippen molar-refractivity contribution in [1.82, 2.24) is 0 Å². The number of rotatable bonds is 2. The van der Waals surface area contributed by atoms with Crippen LogP contribution in [0.25, 0.3) is 0 Å². The number of nitrogens with zero attached hydrogens (tertiary/aromatic N) is 1. The fourth-order valence-corrected chi connectivity index (χ4v) is 4.94. The van der Waals surface area contributed by atoms with Gasteiger partial charge in [-0.3, -0.25) is 19.7 Å². The van der Waals surface area contributed by atoms with Gasteiger partial charge in [0, 0.05) is 42.4 Å². The molecular weight excluding hydrogens is 370 g/mol. The highest BCUT2D eigenvalue weighted by molar-refractivity contribution is 6.03. The third-order valence-corrected chi connectivity index (χ3v) is 6.04. The largest absolute Gasteiger partial charge is 0.458 e. The third-order valence-electron chi connectivity index (χ3n) is 6.04. The fraction of sp³-hybridized carbons (Fsp3) is 0.478. The van der Waals surface area contributed by atoms with E-state index in [0.29, 0.717) is 48.2 Å². The molecule has 0 bridgehead atoms. The number of ether oxygens (including phenoxy) is 1. The minimum absolute atomic E-state index is 0.0356. The minimum Gasteiger partial charge on any atom is -0.458 e. The van der Waals surface area contributed by atoms with Crippen molar-refractivity contribution in [1.29, 1.82) is 0 Å². The lowest BCUT2D eigenvalue weighted by Gasteiger charge is -2.42. The summed E-state index contributed by atoms with van der Waals surface area (Å²) in [5.41, 5.74) is 1.04. The molecule has 0 saturated heterocycles. The molecule has 6 heteroatoms. The van der Waals surface area contributed by atoms with E-state index in [-0.39, 0.29) is 33.8 Å². The lowest BCUT2D eigenvalue weighted by molar-refractivity contribution is -0.385. The second kappa shape index (κ2) is 6.37. The Morgan fingerprint density at radius 2 is 1.59 bits per heavy atom. The third kappa shape index (κ3) is 3.30. The van der Waals surface area contributed by atoms with E-state index in [9.17, 15) is 19.7 Å². The summed E-state index contributed by atoms with van der Waals surface area (Å²) >= 11 is 0. The number of nitro groups is 1. The fourth-order valence-electron chi connectivity index (χ4n) is 4.94. The highest BCUT2D eigenvalue weighted by Crippen LogP contribution is 2.54. The maximum Gasteiger partial charge on any atom is 0.273 e. The Hall–Kier alpha value is -2.76. The maximum atomic E-state index is 13.2. The average molecular weight is 395 g/mol. The van der Waals surface area contributed by atoms with Crippen molar-refractivity contribution in [3.05, 3.63) is 62.6 Å². The van der Waals surface area contributed by atoms with Gasteiger partial charge < -0.3 is 4.74 Å². The molecule has 0 fully saturated rings. The summed E-state index contributed by atoms with van der Waals surface area (Å²) in [6.45, 7) is 7.99. The van der Waals surface area contributed by atoms with Gasteiger partial charge in [0.2, 0.25) is 0 Å². The van der Waals surface area contributed by atoms with Crippen LogP contribution in [0.4, 0.5) is 5.69 Å². The number of carbonyl (C=O) groups is 2. The van der Waals surface area contributed by atoms with Gasteiger partial charge in [-0.2, -0.15) is 0 Å². The first-order valence-electron chi connectivity index (χ1n) is 9.93. The van der Waals surface area contributed by atoms with Crippen molar-refractivity contribution < 1.29 is 19.2 Å². The molecule has 0 spiro atoms. The Bertz CT molecular complexity index is 1010. The number of hydrogen-bond acceptors (Lipinski definition) is 5. The standard InChI is InChI=1S/C23H25NO5/c1-22(2)9-14-19(13-7-5-6-8-15(13)24(27)28)20-16(25)10-23(3,4)12-18(20)29-21(14)17(26)11-22/h5-8,19H,9-12H2,1-4H3/t19-/m0/s1. The SMILES string of the molecule is CC1(C)CC(=O)C2=C(C1)OC1=C(CC(C)(C)CC1=O)[C@@H]2c1ccccc1[N+](=O)[O-]. The van der Waals surface area contributed by atoms with Crippen molar-refractivity contribution in [3.63, 3.8) is 0 Å². The van der Waals surface area contributed by atoms with Crippen LogP contribution in [0.1, 0.15) is 64.9 Å². The van der Waals surface area contributed by atoms with Gasteiger partial charge in [-0.25, -0.2) is 0 Å². The van der Waals surface area contributed by atoms with Crippen LogP contribution in [0, 0.1) is 20.9 Å². The number of Topliss-reactive ketones (excluding diaryl/α,β-unsaturated/α-hetero) is 2. The summed E-state index contributed by atoms with van der Waals surface area (Å²) in [5, 5.41) is 11.8. The molecule has 2 aliphatic carbocycles. The second-order valence-corrected chi connectivity index (χ2v) is 9.92. The first-order chi connectivity index (χ1) is 13.5. The summed E-state index contributed by atoms with van der Waals surface area (Å²) in [4.78, 5) is 37.5. The van der Waals surface area contributed by atoms with E-state index in [0.717, 1.165) is 0 Å². The smallest absolute Gasteiger partial charge is 0.273 e. The van der Waals surface area contributed by atoms with E-state index < -0.39 is 10.8 Å². The molecule has 0 radical (unpaired) electrons. The molecule has 4 rings (SSSR count). The Morgan fingerprint density at radius 3 is 2.28 bits per heavy atom. The highest BCUT2D eigenvalue weighted by Gasteiger charge is 2.48. The predicted octanol–water partition coefficient (Wildman–Crippen LogP) is 5.00. The second-order valence-electron chi connectivity index (χ2n) is 9.92. The molecule has 0 N–H and O–H groups in total. The molecule has 3 aliphatic rings. The van der Waals surface area contributed by atoms with Crippen LogP contribution in [0.2, 0.25) is 0 Å². The van der Waals surface area contributed by atoms with Gasteiger partial charge in [0.05, 0.1) is 4.92 Å². The molecule has 1 aromatic carbocycles. The van der Waals surface area contributed by atoms with Gasteiger partial charge in [-0.05, 0) is 22.8 Å². The monoisotopic (exact) mass is 395 g/mol. The van der Waals surface area contributed by atoms with Crippen molar-refractivity contribution in [2.24, 2.45) is 10.8 Å². The van der Waals surface area contributed by atoms with Crippen LogP contribution in [-0.2, 0) is 14.3 Å². The molecule has 0 amide bonds. The molecule has 0 saturated carbocycles. The average Bonchev–Trinajstić information content (AvgIpc) is 2.59. The molecule has 6 nitrogen and oxygen atoms in total. The van der Waals surface area contributed by atoms with E-state index in [1.165, 1.54) is 6.07 Å². The van der Waals surface area contributed by atoms with E-state index >= 15 is 0 Å². The summed E-state index contributed by atoms with van der Waals surface area (Å²) in [6, 6.07) is 6.51. The number of hydrogen-bond donors (Lipinski definition) is 0. The topological polar surface area (TPSA) is 86.5 Å². The van der Waals surface area contributed by atoms with Gasteiger partial charge in [0.25, 0.3) is 5.69 Å². The predicted molar refractivity (Wildman–Crippen MR) is 107 cm³/mol. The van der Waals surface area contributed by atoms with Gasteiger partial charge in [0.15, 0.2) is 17.3 Å². The molecule has 29 heavy (non-hydrogen) atoms. The number of para-hydroxylation sites is 1. The van der Waals surface area contributed by atoms with E-state index in [1.807, 2.05) is 27.7 Å². The summed E-state index contributed by atoms with van der Waals surface area (Å²) < 4.78 is 6.08. The summed E-state index contributed by atoms with van der Waals surface area (Å²) in [6.07, 6.45) is 1.79. The number of nitro benzene ring substituents is 1. The maximum absolute atomic E-state index is 13.2. The molecule has 1 heterocycles. The van der Waals surface area contributed by atoms with Gasteiger partial charge in [0.1, 0.15) is 5.76 Å². The summed E-state index contributed by atoms with van der Waals surface area (Å²) in [5.74, 6) is 0.0319. The van der Waals surface area contributed by atoms with E-state index in [2.05, 4.69) is 0 Å². The Morgan fingerprint density at radius 1 is 0.966 bits per heavy atom. The molecule has 1 aromatic rings. The van der Waals surface area contributed by atoms with Crippen LogP contribution in [0.15, 0.2) is 46.9 Å². The first kappa shape index (κ1) is 19.6. The normalized spacial score (nSPS) is 25.3. The number of benzene rings is 1. The Kier molecular flexibility index (Phi) is 4.30. The van der Waals surface area contributed by atoms with E-state index in [1.54, 1.807) is 18.2 Å². The molecule has 152 valence electrons. The molecule has 0 aromatic heterocycles. The van der Waals surface area contributed by atoms with Gasteiger partial charge in [-0.15, -0.1) is 0 Å². The lowest BCUT2D eigenvalue weighted by atomic mass is 9.65. The minimum atomic E-state index is -0.609. The van der Waals surface area contributed by atoms with Crippen molar-refractivity contribution in [2.75, 3.05) is 0 Å². The zero-order chi connectivity index (χ0) is 21.1. The highest BCUT2D eigenvalue weighted by atomic mass is 16.6. The van der Waals surface area contributed by atoms with Gasteiger partial charge in [-0.1, -0.05) is 45.9 Å². The first-order valence-corrected chi connectivity index (χ1v) is 9.93. The van der Waals surface area contributed by atoms with Crippen LogP contribution < -0.4 is 0 Å². The molecule has 0 unspecified atom stereocenters. The lowest BCUT2D eigenvalue weighted by Crippen LogP contribution is -2.37. The zero-order valence-electron chi connectivity index (χ0n) is 17.2. The Balaban J connectivity index is 1.98. The Labute approximate surface area is 169 Å². The number of ketones is 2. The van der Waals surface area contributed by atoms with Crippen molar-refractivity contribution in [2.45, 2.75) is 59.3 Å². The van der Waals surface area contributed by atoms with Crippen molar-refractivity contribution in [3.8, 4) is 0 Å². The van der Waals surface area contributed by atoms with Crippen LogP contribution in [-0.4, -0.2) is 16.5 Å². The van der Waals surface area contributed by atoms with Crippen LogP contribution in [0.5, 0.6) is 0 Å². The quantitative estimate of drug-likeness (QED) is 0.520. The van der Waals surface area contributed by atoms with Gasteiger partial charge >= 0.3 is 0 Å². The van der Waals surface area contributed by atoms with Crippen molar-refractivity contribution >= 4 is 17.3 Å². The molecule has 1 atom stereocenters. The van der Waals surface area contributed by atoms with Crippen LogP contribution in [0.3, 0.4) is 0 Å². The summed E-state index contributed by atoms with van der Waals surface area (Å²) in [7, 11) is 0.